The number of carbonyl (C=O) groups excluding carboxylic acids is 1. The van der Waals surface area contributed by atoms with Crippen LogP contribution in [-0.2, 0) is 4.74 Å². The van der Waals surface area contributed by atoms with Crippen molar-refractivity contribution in [3.63, 3.8) is 0 Å². The van der Waals surface area contributed by atoms with Gasteiger partial charge in [-0.2, -0.15) is 13.2 Å². The molecule has 1 amide bonds. The summed E-state index contributed by atoms with van der Waals surface area (Å²) in [4.78, 5) is 15.9. The lowest BCUT2D eigenvalue weighted by atomic mass is 10.1. The number of rotatable bonds is 5. The number of nitrogens with one attached hydrogen (secondary N) is 1. The third kappa shape index (κ3) is 4.59. The summed E-state index contributed by atoms with van der Waals surface area (Å²) in [5.41, 5.74) is -0.0309. The fourth-order valence-electron chi connectivity index (χ4n) is 2.20. The van der Waals surface area contributed by atoms with Gasteiger partial charge in [-0.15, -0.1) is 0 Å². The van der Waals surface area contributed by atoms with Gasteiger partial charge in [0.1, 0.15) is 5.56 Å². The lowest BCUT2D eigenvalue weighted by molar-refractivity contribution is -0.154. The van der Waals surface area contributed by atoms with E-state index in [1.165, 1.54) is 18.3 Å². The van der Waals surface area contributed by atoms with Gasteiger partial charge in [0.2, 0.25) is 5.88 Å². The van der Waals surface area contributed by atoms with E-state index in [9.17, 15) is 18.0 Å². The molecule has 2 atom stereocenters. The highest BCUT2D eigenvalue weighted by Crippen LogP contribution is 2.21. The molecule has 1 aromatic rings. The average molecular weight is 318 g/mol. The molecule has 2 unspecified atom stereocenters. The average Bonchev–Trinajstić information content (AvgIpc) is 2.99. The molecule has 0 spiro atoms. The maximum Gasteiger partial charge on any atom is 0.422 e. The van der Waals surface area contributed by atoms with Gasteiger partial charge in [-0.05, 0) is 31.9 Å². The van der Waals surface area contributed by atoms with Crippen LogP contribution in [-0.4, -0.2) is 42.4 Å². The van der Waals surface area contributed by atoms with Gasteiger partial charge in [-0.3, -0.25) is 4.79 Å². The van der Waals surface area contributed by atoms with Crippen LogP contribution in [0.5, 0.6) is 5.88 Å². The first kappa shape index (κ1) is 16.5. The minimum atomic E-state index is -4.49. The predicted molar refractivity (Wildman–Crippen MR) is 71.7 cm³/mol. The van der Waals surface area contributed by atoms with Gasteiger partial charge in [0.25, 0.3) is 5.91 Å². The first-order valence-corrected chi connectivity index (χ1v) is 6.94. The molecule has 0 aliphatic carbocycles. The van der Waals surface area contributed by atoms with Crippen LogP contribution in [0, 0.1) is 0 Å². The molecule has 1 aliphatic heterocycles. The zero-order chi connectivity index (χ0) is 16.2. The Morgan fingerprint density at radius 3 is 3.00 bits per heavy atom. The molecular formula is C14H17F3N2O3. The Hall–Kier alpha value is -1.83. The zero-order valence-electron chi connectivity index (χ0n) is 12.0. The van der Waals surface area contributed by atoms with Gasteiger partial charge in [-0.1, -0.05) is 0 Å². The van der Waals surface area contributed by atoms with Crippen molar-refractivity contribution >= 4 is 5.91 Å². The molecule has 1 saturated heterocycles. The number of carbonyl (C=O) groups is 1. The Balaban J connectivity index is 2.02. The van der Waals surface area contributed by atoms with Crippen molar-refractivity contribution < 1.29 is 27.4 Å². The molecule has 0 aromatic carbocycles. The number of ether oxygens (including phenoxy) is 2. The van der Waals surface area contributed by atoms with Crippen LogP contribution >= 0.6 is 0 Å². The molecule has 1 fully saturated rings. The van der Waals surface area contributed by atoms with Crippen LogP contribution in [0.3, 0.4) is 0 Å². The van der Waals surface area contributed by atoms with Crippen LogP contribution in [0.2, 0.25) is 0 Å². The van der Waals surface area contributed by atoms with Gasteiger partial charge < -0.3 is 14.8 Å². The summed E-state index contributed by atoms with van der Waals surface area (Å²) in [6.07, 6.45) is -1.54. The highest BCUT2D eigenvalue weighted by atomic mass is 19.4. The third-order valence-corrected chi connectivity index (χ3v) is 3.27. The maximum absolute atomic E-state index is 12.2. The monoisotopic (exact) mass is 318 g/mol. The van der Waals surface area contributed by atoms with E-state index in [1.807, 2.05) is 0 Å². The molecule has 1 aliphatic rings. The highest BCUT2D eigenvalue weighted by Gasteiger charge is 2.30. The second-order valence-corrected chi connectivity index (χ2v) is 5.07. The van der Waals surface area contributed by atoms with E-state index >= 15 is 0 Å². The summed E-state index contributed by atoms with van der Waals surface area (Å²) in [6.45, 7) is 0.948. The third-order valence-electron chi connectivity index (χ3n) is 3.27. The van der Waals surface area contributed by atoms with E-state index in [0.717, 1.165) is 12.8 Å². The van der Waals surface area contributed by atoms with Crippen molar-refractivity contribution in [3.05, 3.63) is 23.9 Å². The summed E-state index contributed by atoms with van der Waals surface area (Å²) >= 11 is 0. The Bertz CT molecular complexity index is 516. The van der Waals surface area contributed by atoms with Crippen LogP contribution in [0.25, 0.3) is 0 Å². The maximum atomic E-state index is 12.2. The van der Waals surface area contributed by atoms with Crippen molar-refractivity contribution in [2.24, 2.45) is 0 Å². The van der Waals surface area contributed by atoms with E-state index in [-0.39, 0.29) is 23.6 Å². The summed E-state index contributed by atoms with van der Waals surface area (Å²) in [5.74, 6) is -0.870. The number of aromatic nitrogens is 1. The Morgan fingerprint density at radius 2 is 2.36 bits per heavy atom. The Kier molecular flexibility index (Phi) is 5.23. The van der Waals surface area contributed by atoms with Crippen molar-refractivity contribution in [1.29, 1.82) is 0 Å². The second kappa shape index (κ2) is 6.95. The summed E-state index contributed by atoms with van der Waals surface area (Å²) in [6, 6.07) is 2.59. The number of hydrogen-bond acceptors (Lipinski definition) is 4. The van der Waals surface area contributed by atoms with Gasteiger partial charge in [0.05, 0.1) is 12.1 Å². The van der Waals surface area contributed by atoms with Crippen molar-refractivity contribution in [3.8, 4) is 5.88 Å². The number of nitrogens with zero attached hydrogens (tertiary/aromatic N) is 1. The molecule has 2 heterocycles. The molecule has 122 valence electrons. The first-order valence-electron chi connectivity index (χ1n) is 6.94. The Labute approximate surface area is 125 Å². The van der Waals surface area contributed by atoms with E-state index in [4.69, 9.17) is 4.74 Å². The Morgan fingerprint density at radius 1 is 1.59 bits per heavy atom. The van der Waals surface area contributed by atoms with Gasteiger partial charge in [0, 0.05) is 12.8 Å². The minimum Gasteiger partial charge on any atom is -0.467 e. The van der Waals surface area contributed by atoms with Gasteiger partial charge in [-0.25, -0.2) is 4.98 Å². The lowest BCUT2D eigenvalue weighted by Gasteiger charge is -2.20. The van der Waals surface area contributed by atoms with E-state index in [1.54, 1.807) is 6.92 Å². The summed E-state index contributed by atoms with van der Waals surface area (Å²) in [7, 11) is 0. The molecular weight excluding hydrogens is 301 g/mol. The zero-order valence-corrected chi connectivity index (χ0v) is 12.0. The first-order chi connectivity index (χ1) is 10.4. The van der Waals surface area contributed by atoms with E-state index in [0.29, 0.717) is 6.61 Å². The van der Waals surface area contributed by atoms with Gasteiger partial charge in [0.15, 0.2) is 6.61 Å². The quantitative estimate of drug-likeness (QED) is 0.905. The van der Waals surface area contributed by atoms with Crippen LogP contribution in [0.1, 0.15) is 30.1 Å². The van der Waals surface area contributed by atoms with E-state index in [2.05, 4.69) is 15.0 Å². The van der Waals surface area contributed by atoms with Gasteiger partial charge >= 0.3 is 6.18 Å². The SMILES string of the molecule is CC(NC(=O)c1cccnc1OCC(F)(F)F)C1CCCO1. The minimum absolute atomic E-state index is 0.0309. The molecule has 0 saturated carbocycles. The van der Waals surface area contributed by atoms with Crippen LogP contribution < -0.4 is 10.1 Å². The molecule has 8 heteroatoms. The highest BCUT2D eigenvalue weighted by molar-refractivity contribution is 5.96. The molecule has 1 aromatic heterocycles. The van der Waals surface area contributed by atoms with Crippen LogP contribution in [0.4, 0.5) is 13.2 Å². The predicted octanol–water partition coefficient (Wildman–Crippen LogP) is 2.32. The second-order valence-electron chi connectivity index (χ2n) is 5.07. The smallest absolute Gasteiger partial charge is 0.422 e. The van der Waals surface area contributed by atoms with Crippen molar-refractivity contribution in [2.75, 3.05) is 13.2 Å². The fourth-order valence-corrected chi connectivity index (χ4v) is 2.20. The van der Waals surface area contributed by atoms with Crippen molar-refractivity contribution in [2.45, 2.75) is 38.1 Å². The van der Waals surface area contributed by atoms with Crippen LogP contribution in [0.15, 0.2) is 18.3 Å². The van der Waals surface area contributed by atoms with E-state index < -0.39 is 18.7 Å². The topological polar surface area (TPSA) is 60.5 Å². The largest absolute Gasteiger partial charge is 0.467 e. The molecule has 0 bridgehead atoms. The number of amides is 1. The summed E-state index contributed by atoms with van der Waals surface area (Å²) in [5, 5.41) is 2.71. The molecule has 5 nitrogen and oxygen atoms in total. The normalized spacial score (nSPS) is 19.7. The fraction of sp³-hybridized carbons (Fsp3) is 0.571. The molecule has 0 radical (unpaired) electrons. The lowest BCUT2D eigenvalue weighted by Crippen LogP contribution is -2.41. The number of alkyl halides is 3. The number of pyridine rings is 1. The standard InChI is InChI=1S/C14H17F3N2O3/c1-9(11-5-3-7-21-11)19-12(20)10-4-2-6-18-13(10)22-8-14(15,16)17/h2,4,6,9,11H,3,5,7-8H2,1H3,(H,19,20). The molecule has 22 heavy (non-hydrogen) atoms. The molecule has 2 rings (SSSR count). The number of halogens is 3. The molecule has 1 N–H and O–H groups in total. The summed E-state index contributed by atoms with van der Waals surface area (Å²) < 4.78 is 46.7. The van der Waals surface area contributed by atoms with Crippen molar-refractivity contribution in [1.82, 2.24) is 10.3 Å². The number of hydrogen-bond donors (Lipinski definition) is 1.